The third kappa shape index (κ3) is 2.58. The molecule has 0 aromatic carbocycles. The number of hydrogen-bond acceptors (Lipinski definition) is 5. The lowest BCUT2D eigenvalue weighted by Gasteiger charge is -2.22. The molecule has 1 amide bonds. The van der Waals surface area contributed by atoms with Gasteiger partial charge < -0.3 is 14.6 Å². The van der Waals surface area contributed by atoms with Crippen LogP contribution >= 0.6 is 0 Å². The highest BCUT2D eigenvalue weighted by Crippen LogP contribution is 2.38. The third-order valence-corrected chi connectivity index (χ3v) is 4.52. The van der Waals surface area contributed by atoms with E-state index < -0.39 is 0 Å². The summed E-state index contributed by atoms with van der Waals surface area (Å²) in [5.41, 5.74) is 3.61. The molecule has 4 heterocycles. The van der Waals surface area contributed by atoms with Gasteiger partial charge in [-0.3, -0.25) is 4.79 Å². The Morgan fingerprint density at radius 1 is 1.40 bits per heavy atom. The Morgan fingerprint density at radius 2 is 2.24 bits per heavy atom. The van der Waals surface area contributed by atoms with Crippen molar-refractivity contribution in [1.82, 2.24) is 24.1 Å². The number of imidazole rings is 1. The van der Waals surface area contributed by atoms with E-state index in [0.717, 1.165) is 28.4 Å². The van der Waals surface area contributed by atoms with E-state index in [9.17, 15) is 4.79 Å². The fraction of sp³-hybridized carbons (Fsp3) is 0.412. The normalized spacial score (nSPS) is 16.9. The summed E-state index contributed by atoms with van der Waals surface area (Å²) in [4.78, 5) is 21.4. The SMILES string of the molecule is COCCn1ccnc1[C@@H]1CC(=O)Nc2nn3c(C)cc(C)nc3c21. The van der Waals surface area contributed by atoms with Crippen LogP contribution in [0.2, 0.25) is 0 Å². The van der Waals surface area contributed by atoms with Crippen molar-refractivity contribution < 1.29 is 9.53 Å². The van der Waals surface area contributed by atoms with Crippen LogP contribution in [0.25, 0.3) is 5.65 Å². The van der Waals surface area contributed by atoms with Gasteiger partial charge in [-0.05, 0) is 19.9 Å². The molecule has 0 aliphatic carbocycles. The van der Waals surface area contributed by atoms with Crippen molar-refractivity contribution in [3.05, 3.63) is 41.2 Å². The van der Waals surface area contributed by atoms with E-state index in [0.29, 0.717) is 25.4 Å². The number of nitrogens with zero attached hydrogens (tertiary/aromatic N) is 5. The Balaban J connectivity index is 1.89. The molecule has 4 rings (SSSR count). The molecule has 1 atom stereocenters. The van der Waals surface area contributed by atoms with Gasteiger partial charge >= 0.3 is 0 Å². The highest BCUT2D eigenvalue weighted by Gasteiger charge is 2.34. The van der Waals surface area contributed by atoms with E-state index >= 15 is 0 Å². The molecule has 0 bridgehead atoms. The first-order valence-corrected chi connectivity index (χ1v) is 8.25. The standard InChI is InChI=1S/C17H20N6O2/c1-10-8-11(2)23-17(19-10)14-12(9-13(24)20-15(14)21-23)16-18-4-5-22(16)6-7-25-3/h4-5,8,12H,6-7,9H2,1-3H3,(H,20,21,24)/t12-/m1/s1. The second-order valence-corrected chi connectivity index (χ2v) is 6.31. The zero-order valence-corrected chi connectivity index (χ0v) is 14.5. The van der Waals surface area contributed by atoms with Crippen LogP contribution in [0.5, 0.6) is 0 Å². The maximum atomic E-state index is 12.2. The molecule has 130 valence electrons. The molecule has 0 fully saturated rings. The molecule has 0 saturated heterocycles. The fourth-order valence-corrected chi connectivity index (χ4v) is 3.45. The average Bonchev–Trinajstić information content (AvgIpc) is 3.16. The maximum absolute atomic E-state index is 12.2. The number of amides is 1. The van der Waals surface area contributed by atoms with Gasteiger partial charge in [0.1, 0.15) is 5.82 Å². The van der Waals surface area contributed by atoms with E-state index in [1.807, 2.05) is 30.7 Å². The van der Waals surface area contributed by atoms with Gasteiger partial charge in [0.15, 0.2) is 11.5 Å². The van der Waals surface area contributed by atoms with Crippen LogP contribution in [-0.2, 0) is 16.1 Å². The molecule has 0 spiro atoms. The average molecular weight is 340 g/mol. The summed E-state index contributed by atoms with van der Waals surface area (Å²) < 4.78 is 9.00. The summed E-state index contributed by atoms with van der Waals surface area (Å²) in [6.07, 6.45) is 4.00. The van der Waals surface area contributed by atoms with Gasteiger partial charge in [0, 0.05) is 43.9 Å². The molecule has 8 heteroatoms. The number of anilines is 1. The Bertz CT molecular complexity index is 958. The van der Waals surface area contributed by atoms with Gasteiger partial charge in [-0.25, -0.2) is 14.5 Å². The molecule has 0 radical (unpaired) electrons. The maximum Gasteiger partial charge on any atom is 0.226 e. The molecule has 3 aromatic heterocycles. The summed E-state index contributed by atoms with van der Waals surface area (Å²) in [5.74, 6) is 1.17. The van der Waals surface area contributed by atoms with Gasteiger partial charge in [-0.15, -0.1) is 5.10 Å². The van der Waals surface area contributed by atoms with Gasteiger partial charge in [-0.2, -0.15) is 0 Å². The highest BCUT2D eigenvalue weighted by atomic mass is 16.5. The molecular weight excluding hydrogens is 320 g/mol. The summed E-state index contributed by atoms with van der Waals surface area (Å²) in [6, 6.07) is 1.97. The first-order chi connectivity index (χ1) is 12.1. The van der Waals surface area contributed by atoms with E-state index in [2.05, 4.69) is 20.4 Å². The lowest BCUT2D eigenvalue weighted by Crippen LogP contribution is -2.25. The van der Waals surface area contributed by atoms with Gasteiger partial charge in [0.2, 0.25) is 5.91 Å². The molecule has 1 aliphatic heterocycles. The van der Waals surface area contributed by atoms with E-state index in [1.54, 1.807) is 17.8 Å². The predicted octanol–water partition coefficient (Wildman–Crippen LogP) is 1.66. The van der Waals surface area contributed by atoms with Crippen LogP contribution in [0.15, 0.2) is 18.5 Å². The number of carbonyl (C=O) groups is 1. The van der Waals surface area contributed by atoms with Crippen molar-refractivity contribution in [3.63, 3.8) is 0 Å². The topological polar surface area (TPSA) is 86.3 Å². The van der Waals surface area contributed by atoms with Crippen molar-refractivity contribution >= 4 is 17.4 Å². The van der Waals surface area contributed by atoms with E-state index in [-0.39, 0.29) is 11.8 Å². The molecular formula is C17H20N6O2. The van der Waals surface area contributed by atoms with Crippen LogP contribution in [0, 0.1) is 13.8 Å². The summed E-state index contributed by atoms with van der Waals surface area (Å²) in [7, 11) is 1.67. The van der Waals surface area contributed by atoms with Crippen molar-refractivity contribution in [1.29, 1.82) is 0 Å². The van der Waals surface area contributed by atoms with Crippen LogP contribution in [0.3, 0.4) is 0 Å². The number of hydrogen-bond donors (Lipinski definition) is 1. The summed E-state index contributed by atoms with van der Waals surface area (Å²) in [5, 5.41) is 7.43. The van der Waals surface area contributed by atoms with Crippen molar-refractivity contribution in [2.75, 3.05) is 19.0 Å². The van der Waals surface area contributed by atoms with Crippen molar-refractivity contribution in [3.8, 4) is 0 Å². The Kier molecular flexibility index (Phi) is 3.76. The lowest BCUT2D eigenvalue weighted by atomic mass is 9.92. The number of methoxy groups -OCH3 is 1. The Labute approximate surface area is 144 Å². The van der Waals surface area contributed by atoms with Gasteiger partial charge in [0.25, 0.3) is 0 Å². The van der Waals surface area contributed by atoms with Crippen LogP contribution in [0.4, 0.5) is 5.82 Å². The van der Waals surface area contributed by atoms with Gasteiger partial charge in [0.05, 0.1) is 18.1 Å². The number of aryl methyl sites for hydroxylation is 2. The smallest absolute Gasteiger partial charge is 0.226 e. The lowest BCUT2D eigenvalue weighted by molar-refractivity contribution is -0.116. The zero-order valence-electron chi connectivity index (χ0n) is 14.5. The summed E-state index contributed by atoms with van der Waals surface area (Å²) >= 11 is 0. The number of fused-ring (bicyclic) bond motifs is 3. The van der Waals surface area contributed by atoms with E-state index in [4.69, 9.17) is 4.74 Å². The first-order valence-electron chi connectivity index (χ1n) is 8.25. The Hall–Kier alpha value is -2.74. The number of nitrogens with one attached hydrogen (secondary N) is 1. The van der Waals surface area contributed by atoms with Crippen LogP contribution in [0.1, 0.15) is 35.1 Å². The molecule has 1 aliphatic rings. The second-order valence-electron chi connectivity index (χ2n) is 6.31. The van der Waals surface area contributed by atoms with Crippen LogP contribution < -0.4 is 5.32 Å². The monoisotopic (exact) mass is 340 g/mol. The number of rotatable bonds is 4. The van der Waals surface area contributed by atoms with Crippen LogP contribution in [-0.4, -0.2) is 43.8 Å². The largest absolute Gasteiger partial charge is 0.383 e. The molecule has 8 nitrogen and oxygen atoms in total. The number of carbonyl (C=O) groups excluding carboxylic acids is 1. The molecule has 0 unspecified atom stereocenters. The summed E-state index contributed by atoms with van der Waals surface area (Å²) in [6.45, 7) is 5.21. The third-order valence-electron chi connectivity index (χ3n) is 4.52. The number of ether oxygens (including phenoxy) is 1. The molecule has 0 saturated carbocycles. The molecule has 3 aromatic rings. The minimum absolute atomic E-state index is 0.0587. The molecule has 1 N–H and O–H groups in total. The number of aromatic nitrogens is 5. The minimum atomic E-state index is -0.179. The zero-order chi connectivity index (χ0) is 17.6. The minimum Gasteiger partial charge on any atom is -0.383 e. The quantitative estimate of drug-likeness (QED) is 0.781. The Morgan fingerprint density at radius 3 is 3.04 bits per heavy atom. The fourth-order valence-electron chi connectivity index (χ4n) is 3.45. The van der Waals surface area contributed by atoms with Gasteiger partial charge in [-0.1, -0.05) is 0 Å². The molecule has 25 heavy (non-hydrogen) atoms. The first kappa shape index (κ1) is 15.8. The highest BCUT2D eigenvalue weighted by molar-refractivity contribution is 5.95. The predicted molar refractivity (Wildman–Crippen MR) is 91.7 cm³/mol. The van der Waals surface area contributed by atoms with E-state index in [1.165, 1.54) is 0 Å². The van der Waals surface area contributed by atoms with Crippen molar-refractivity contribution in [2.24, 2.45) is 0 Å². The van der Waals surface area contributed by atoms with Crippen molar-refractivity contribution in [2.45, 2.75) is 32.7 Å². The second kappa shape index (κ2) is 5.96.